The van der Waals surface area contributed by atoms with Crippen LogP contribution in [-0.4, -0.2) is 12.4 Å². The Bertz CT molecular complexity index is 324. The second-order valence-corrected chi connectivity index (χ2v) is 4.67. The Balaban J connectivity index is 3.17. The van der Waals surface area contributed by atoms with Gasteiger partial charge in [0.25, 0.3) is 0 Å². The fourth-order valence-electron chi connectivity index (χ4n) is 1.15. The van der Waals surface area contributed by atoms with Crippen molar-refractivity contribution >= 4 is 31.9 Å². The summed E-state index contributed by atoms with van der Waals surface area (Å²) in [5.74, 6) is -0.261. The molecular weight excluding hydrogens is 315 g/mol. The summed E-state index contributed by atoms with van der Waals surface area (Å²) in [6, 6.07) is 4.97. The summed E-state index contributed by atoms with van der Waals surface area (Å²) in [6.45, 7) is 1.84. The van der Waals surface area contributed by atoms with Crippen molar-refractivity contribution in [2.24, 2.45) is 0 Å². The molecule has 0 bridgehead atoms. The van der Waals surface area contributed by atoms with Gasteiger partial charge in [0.15, 0.2) is 0 Å². The van der Waals surface area contributed by atoms with E-state index in [9.17, 15) is 4.39 Å². The highest BCUT2D eigenvalue weighted by atomic mass is 79.9. The second-order valence-electron chi connectivity index (χ2n) is 3.19. The maximum atomic E-state index is 13.6. The van der Waals surface area contributed by atoms with E-state index >= 15 is 0 Å². The van der Waals surface area contributed by atoms with Crippen LogP contribution >= 0.6 is 31.9 Å². The van der Waals surface area contributed by atoms with E-state index in [0.717, 1.165) is 4.47 Å². The summed E-state index contributed by atoms with van der Waals surface area (Å²) in [5, 5.41) is 0.551. The van der Waals surface area contributed by atoms with Gasteiger partial charge in [-0.3, -0.25) is 0 Å². The molecule has 0 saturated carbocycles. The number of methoxy groups -OCH3 is 1. The van der Waals surface area contributed by atoms with Gasteiger partial charge in [-0.15, -0.1) is 0 Å². The van der Waals surface area contributed by atoms with Crippen molar-refractivity contribution in [1.82, 2.24) is 0 Å². The molecule has 0 radical (unpaired) electrons. The normalized spacial score (nSPS) is 15.2. The lowest BCUT2D eigenvalue weighted by atomic mass is 9.97. The molecule has 0 heterocycles. The van der Waals surface area contributed by atoms with Crippen molar-refractivity contribution < 1.29 is 9.13 Å². The van der Waals surface area contributed by atoms with Crippen LogP contribution in [0.5, 0.6) is 0 Å². The Labute approximate surface area is 99.9 Å². The van der Waals surface area contributed by atoms with Crippen molar-refractivity contribution in [3.05, 3.63) is 34.1 Å². The predicted molar refractivity (Wildman–Crippen MR) is 62.3 cm³/mol. The first-order valence-corrected chi connectivity index (χ1v) is 6.01. The molecule has 4 heteroatoms. The van der Waals surface area contributed by atoms with Crippen LogP contribution in [0.4, 0.5) is 4.39 Å². The molecule has 0 fully saturated rings. The Kier molecular flexibility index (Phi) is 4.10. The van der Waals surface area contributed by atoms with Crippen LogP contribution in [0.15, 0.2) is 22.7 Å². The minimum atomic E-state index is -0.620. The fourth-order valence-corrected chi connectivity index (χ4v) is 2.02. The van der Waals surface area contributed by atoms with E-state index in [4.69, 9.17) is 4.74 Å². The quantitative estimate of drug-likeness (QED) is 0.767. The molecule has 78 valence electrons. The highest BCUT2D eigenvalue weighted by Crippen LogP contribution is 2.30. The van der Waals surface area contributed by atoms with Crippen LogP contribution in [0, 0.1) is 5.82 Å². The molecule has 0 aliphatic heterocycles. The molecule has 14 heavy (non-hydrogen) atoms. The fraction of sp³-hybridized carbons (Fsp3) is 0.400. The Morgan fingerprint density at radius 1 is 1.50 bits per heavy atom. The zero-order valence-corrected chi connectivity index (χ0v) is 11.2. The van der Waals surface area contributed by atoms with Gasteiger partial charge >= 0.3 is 0 Å². The van der Waals surface area contributed by atoms with Crippen molar-refractivity contribution in [2.45, 2.75) is 12.5 Å². The molecule has 0 spiro atoms. The first-order valence-electron chi connectivity index (χ1n) is 4.10. The van der Waals surface area contributed by atoms with Crippen molar-refractivity contribution in [2.75, 3.05) is 12.4 Å². The number of alkyl halides is 1. The van der Waals surface area contributed by atoms with E-state index in [1.165, 1.54) is 6.07 Å². The molecule has 0 aliphatic carbocycles. The predicted octanol–water partition coefficient (Wildman–Crippen LogP) is 3.84. The SMILES string of the molecule is COC(C)(CBr)c1ccc(Br)cc1F. The summed E-state index contributed by atoms with van der Waals surface area (Å²) in [4.78, 5) is 0. The minimum Gasteiger partial charge on any atom is -0.373 e. The maximum absolute atomic E-state index is 13.6. The molecule has 1 nitrogen and oxygen atoms in total. The molecule has 0 aromatic heterocycles. The van der Waals surface area contributed by atoms with Crippen LogP contribution in [-0.2, 0) is 10.3 Å². The average Bonchev–Trinajstić information content (AvgIpc) is 2.17. The van der Waals surface area contributed by atoms with E-state index in [-0.39, 0.29) is 5.82 Å². The van der Waals surface area contributed by atoms with E-state index < -0.39 is 5.60 Å². The number of halogens is 3. The van der Waals surface area contributed by atoms with Gasteiger partial charge < -0.3 is 4.74 Å². The Morgan fingerprint density at radius 3 is 2.57 bits per heavy atom. The molecule has 1 unspecified atom stereocenters. The molecule has 0 aliphatic rings. The van der Waals surface area contributed by atoms with Gasteiger partial charge in [-0.2, -0.15) is 0 Å². The number of rotatable bonds is 3. The molecule has 0 N–H and O–H groups in total. The van der Waals surface area contributed by atoms with E-state index in [0.29, 0.717) is 10.9 Å². The third-order valence-corrected chi connectivity index (χ3v) is 3.77. The first kappa shape index (κ1) is 12.1. The lowest BCUT2D eigenvalue weighted by Gasteiger charge is -2.26. The average molecular weight is 326 g/mol. The molecule has 1 aromatic rings. The maximum Gasteiger partial charge on any atom is 0.130 e. The lowest BCUT2D eigenvalue weighted by Crippen LogP contribution is -2.27. The largest absolute Gasteiger partial charge is 0.373 e. The van der Waals surface area contributed by atoms with E-state index in [1.807, 2.05) is 6.92 Å². The standard InChI is InChI=1S/C10H11Br2FO/c1-10(6-11,14-2)8-4-3-7(12)5-9(8)13/h3-5H,6H2,1-2H3. The zero-order chi connectivity index (χ0) is 10.8. The third kappa shape index (κ3) is 2.35. The van der Waals surface area contributed by atoms with Gasteiger partial charge in [0.05, 0.1) is 0 Å². The second kappa shape index (κ2) is 4.73. The van der Waals surface area contributed by atoms with Crippen molar-refractivity contribution in [3.63, 3.8) is 0 Å². The van der Waals surface area contributed by atoms with Gasteiger partial charge in [0, 0.05) is 22.5 Å². The van der Waals surface area contributed by atoms with Gasteiger partial charge in [-0.05, 0) is 19.1 Å². The Hall–Kier alpha value is 0.0700. The smallest absolute Gasteiger partial charge is 0.130 e. The van der Waals surface area contributed by atoms with E-state index in [1.54, 1.807) is 19.2 Å². The van der Waals surface area contributed by atoms with Gasteiger partial charge in [-0.25, -0.2) is 4.39 Å². The summed E-state index contributed by atoms with van der Waals surface area (Å²) < 4.78 is 19.6. The zero-order valence-electron chi connectivity index (χ0n) is 7.98. The number of hydrogen-bond acceptors (Lipinski definition) is 1. The number of hydrogen-bond donors (Lipinski definition) is 0. The summed E-state index contributed by atoms with van der Waals surface area (Å²) >= 11 is 6.53. The Morgan fingerprint density at radius 2 is 2.14 bits per heavy atom. The molecule has 1 rings (SSSR count). The highest BCUT2D eigenvalue weighted by molar-refractivity contribution is 9.10. The van der Waals surface area contributed by atoms with Gasteiger partial charge in [-0.1, -0.05) is 37.9 Å². The number of benzene rings is 1. The molecule has 1 aromatic carbocycles. The van der Waals surface area contributed by atoms with Crippen LogP contribution in [0.3, 0.4) is 0 Å². The van der Waals surface area contributed by atoms with Crippen LogP contribution in [0.1, 0.15) is 12.5 Å². The molecular formula is C10H11Br2FO. The minimum absolute atomic E-state index is 0.261. The van der Waals surface area contributed by atoms with Crippen LogP contribution in [0.2, 0.25) is 0 Å². The van der Waals surface area contributed by atoms with Crippen molar-refractivity contribution in [1.29, 1.82) is 0 Å². The van der Waals surface area contributed by atoms with Gasteiger partial charge in [0.2, 0.25) is 0 Å². The molecule has 0 saturated heterocycles. The lowest BCUT2D eigenvalue weighted by molar-refractivity contribution is 0.0218. The van der Waals surface area contributed by atoms with Crippen LogP contribution in [0.25, 0.3) is 0 Å². The summed E-state index contributed by atoms with van der Waals surface area (Å²) in [7, 11) is 1.57. The van der Waals surface area contributed by atoms with E-state index in [2.05, 4.69) is 31.9 Å². The summed E-state index contributed by atoms with van der Waals surface area (Å²) in [5.41, 5.74) is -0.0646. The monoisotopic (exact) mass is 324 g/mol. The first-order chi connectivity index (χ1) is 6.53. The molecule has 0 amide bonds. The highest BCUT2D eigenvalue weighted by Gasteiger charge is 2.27. The summed E-state index contributed by atoms with van der Waals surface area (Å²) in [6.07, 6.45) is 0. The number of ether oxygens (including phenoxy) is 1. The van der Waals surface area contributed by atoms with Gasteiger partial charge in [0.1, 0.15) is 11.4 Å². The van der Waals surface area contributed by atoms with Crippen LogP contribution < -0.4 is 0 Å². The third-order valence-electron chi connectivity index (χ3n) is 2.21. The van der Waals surface area contributed by atoms with Crippen molar-refractivity contribution in [3.8, 4) is 0 Å². The molecule has 1 atom stereocenters. The topological polar surface area (TPSA) is 9.23 Å².